The number of ketones is 1. The standard InChI is InChI=1S/C8H12O/c1-6-3-4-8(5-6)7(2)9/h4,6H,3,5H2,1-2H3. The summed E-state index contributed by atoms with van der Waals surface area (Å²) in [5.41, 5.74) is 1.03. The fourth-order valence-electron chi connectivity index (χ4n) is 1.17. The van der Waals surface area contributed by atoms with Crippen LogP contribution < -0.4 is 0 Å². The summed E-state index contributed by atoms with van der Waals surface area (Å²) in [5.74, 6) is 0.947. The molecule has 0 fully saturated rings. The van der Waals surface area contributed by atoms with Crippen molar-refractivity contribution >= 4 is 5.78 Å². The second-order valence-corrected chi connectivity index (χ2v) is 2.83. The maximum absolute atomic E-state index is 10.7. The van der Waals surface area contributed by atoms with Crippen LogP contribution in [0.15, 0.2) is 11.6 Å². The molecule has 1 aliphatic rings. The van der Waals surface area contributed by atoms with E-state index in [0.717, 1.165) is 18.4 Å². The van der Waals surface area contributed by atoms with Gasteiger partial charge in [-0.15, -0.1) is 0 Å². The Labute approximate surface area is 55.8 Å². The number of hydrogen-bond acceptors (Lipinski definition) is 1. The fraction of sp³-hybridized carbons (Fsp3) is 0.625. The molecule has 1 heteroatoms. The van der Waals surface area contributed by atoms with E-state index in [9.17, 15) is 4.79 Å². The molecule has 9 heavy (non-hydrogen) atoms. The van der Waals surface area contributed by atoms with E-state index in [1.54, 1.807) is 6.92 Å². The van der Waals surface area contributed by atoms with E-state index in [0.29, 0.717) is 5.92 Å². The van der Waals surface area contributed by atoms with E-state index < -0.39 is 0 Å². The lowest BCUT2D eigenvalue weighted by Crippen LogP contribution is -1.94. The molecule has 1 unspecified atom stereocenters. The first-order chi connectivity index (χ1) is 4.20. The Morgan fingerprint density at radius 1 is 1.78 bits per heavy atom. The van der Waals surface area contributed by atoms with E-state index in [1.807, 2.05) is 0 Å². The van der Waals surface area contributed by atoms with Crippen molar-refractivity contribution < 1.29 is 4.79 Å². The van der Waals surface area contributed by atoms with Crippen molar-refractivity contribution in [2.75, 3.05) is 0 Å². The van der Waals surface area contributed by atoms with Gasteiger partial charge in [-0.3, -0.25) is 4.79 Å². The van der Waals surface area contributed by atoms with Gasteiger partial charge in [0, 0.05) is 0 Å². The van der Waals surface area contributed by atoms with Gasteiger partial charge in [0.2, 0.25) is 0 Å². The molecule has 1 nitrogen and oxygen atoms in total. The monoisotopic (exact) mass is 124 g/mol. The van der Waals surface area contributed by atoms with Crippen molar-refractivity contribution in [3.63, 3.8) is 0 Å². The molecule has 0 amide bonds. The summed E-state index contributed by atoms with van der Waals surface area (Å²) in [6.45, 7) is 3.82. The molecule has 0 aromatic rings. The van der Waals surface area contributed by atoms with Crippen LogP contribution in [0.3, 0.4) is 0 Å². The lowest BCUT2D eigenvalue weighted by Gasteiger charge is -1.97. The Hall–Kier alpha value is -0.590. The Kier molecular flexibility index (Phi) is 1.70. The minimum absolute atomic E-state index is 0.249. The van der Waals surface area contributed by atoms with Crippen LogP contribution in [0, 0.1) is 5.92 Å². The average molecular weight is 124 g/mol. The molecular formula is C8H12O. The highest BCUT2D eigenvalue weighted by molar-refractivity contribution is 5.93. The largest absolute Gasteiger partial charge is 0.295 e. The van der Waals surface area contributed by atoms with E-state index in [-0.39, 0.29) is 5.78 Å². The van der Waals surface area contributed by atoms with Gasteiger partial charge in [-0.2, -0.15) is 0 Å². The summed E-state index contributed by atoms with van der Waals surface area (Å²) in [6, 6.07) is 0. The molecular weight excluding hydrogens is 112 g/mol. The highest BCUT2D eigenvalue weighted by Crippen LogP contribution is 2.24. The van der Waals surface area contributed by atoms with Gasteiger partial charge >= 0.3 is 0 Å². The third kappa shape index (κ3) is 1.41. The molecule has 1 atom stereocenters. The Balaban J connectivity index is 2.55. The van der Waals surface area contributed by atoms with E-state index >= 15 is 0 Å². The first-order valence-corrected chi connectivity index (χ1v) is 3.40. The van der Waals surface area contributed by atoms with Crippen molar-refractivity contribution in [3.8, 4) is 0 Å². The Bertz CT molecular complexity index is 156. The van der Waals surface area contributed by atoms with Crippen LogP contribution in [0.5, 0.6) is 0 Å². The zero-order valence-electron chi connectivity index (χ0n) is 5.98. The van der Waals surface area contributed by atoms with Gasteiger partial charge in [0.15, 0.2) is 5.78 Å². The van der Waals surface area contributed by atoms with Crippen LogP contribution in [0.25, 0.3) is 0 Å². The van der Waals surface area contributed by atoms with Gasteiger partial charge in [-0.05, 0) is 31.3 Å². The van der Waals surface area contributed by atoms with E-state index in [4.69, 9.17) is 0 Å². The second-order valence-electron chi connectivity index (χ2n) is 2.83. The minimum Gasteiger partial charge on any atom is -0.295 e. The van der Waals surface area contributed by atoms with Gasteiger partial charge in [-0.25, -0.2) is 0 Å². The predicted molar refractivity (Wildman–Crippen MR) is 37.2 cm³/mol. The van der Waals surface area contributed by atoms with E-state index in [2.05, 4.69) is 13.0 Å². The minimum atomic E-state index is 0.249. The molecule has 0 aromatic carbocycles. The van der Waals surface area contributed by atoms with Crippen LogP contribution in [0.2, 0.25) is 0 Å². The maximum Gasteiger partial charge on any atom is 0.155 e. The van der Waals surface area contributed by atoms with Crippen molar-refractivity contribution in [2.45, 2.75) is 26.7 Å². The summed E-state index contributed by atoms with van der Waals surface area (Å²) in [6.07, 6.45) is 4.15. The molecule has 1 rings (SSSR count). The molecule has 0 radical (unpaired) electrons. The van der Waals surface area contributed by atoms with Crippen molar-refractivity contribution in [1.29, 1.82) is 0 Å². The quantitative estimate of drug-likeness (QED) is 0.522. The molecule has 0 N–H and O–H groups in total. The zero-order valence-corrected chi connectivity index (χ0v) is 5.98. The molecule has 0 bridgehead atoms. The molecule has 0 saturated carbocycles. The number of carbonyl (C=O) groups excluding carboxylic acids is 1. The number of allylic oxidation sites excluding steroid dienone is 2. The smallest absolute Gasteiger partial charge is 0.155 e. The summed E-state index contributed by atoms with van der Waals surface area (Å²) < 4.78 is 0. The first-order valence-electron chi connectivity index (χ1n) is 3.40. The Morgan fingerprint density at radius 3 is 2.67 bits per heavy atom. The zero-order chi connectivity index (χ0) is 6.85. The third-order valence-electron chi connectivity index (χ3n) is 1.79. The van der Waals surface area contributed by atoms with Gasteiger partial charge in [-0.1, -0.05) is 13.0 Å². The summed E-state index contributed by atoms with van der Waals surface area (Å²) >= 11 is 0. The SMILES string of the molecule is CC(=O)C1=CCC(C)C1. The van der Waals surface area contributed by atoms with Gasteiger partial charge in [0.25, 0.3) is 0 Å². The lowest BCUT2D eigenvalue weighted by atomic mass is 10.1. The second kappa shape index (κ2) is 2.34. The van der Waals surface area contributed by atoms with Crippen molar-refractivity contribution in [3.05, 3.63) is 11.6 Å². The van der Waals surface area contributed by atoms with Crippen molar-refractivity contribution in [1.82, 2.24) is 0 Å². The highest BCUT2D eigenvalue weighted by atomic mass is 16.1. The van der Waals surface area contributed by atoms with Crippen LogP contribution in [0.4, 0.5) is 0 Å². The van der Waals surface area contributed by atoms with Crippen molar-refractivity contribution in [2.24, 2.45) is 5.92 Å². The van der Waals surface area contributed by atoms with Crippen LogP contribution in [-0.4, -0.2) is 5.78 Å². The topological polar surface area (TPSA) is 17.1 Å². The van der Waals surface area contributed by atoms with Crippen LogP contribution >= 0.6 is 0 Å². The molecule has 1 aliphatic carbocycles. The average Bonchev–Trinajstić information content (AvgIpc) is 2.14. The summed E-state index contributed by atoms with van der Waals surface area (Å²) in [5, 5.41) is 0. The molecule has 0 heterocycles. The lowest BCUT2D eigenvalue weighted by molar-refractivity contribution is -0.113. The number of hydrogen-bond donors (Lipinski definition) is 0. The molecule has 0 saturated heterocycles. The number of Topliss-reactive ketones (excluding diaryl/α,β-unsaturated/α-hetero) is 1. The molecule has 0 spiro atoms. The molecule has 50 valence electrons. The summed E-state index contributed by atoms with van der Waals surface area (Å²) in [7, 11) is 0. The van der Waals surface area contributed by atoms with E-state index in [1.165, 1.54) is 0 Å². The van der Waals surface area contributed by atoms with Crippen LogP contribution in [-0.2, 0) is 4.79 Å². The van der Waals surface area contributed by atoms with Gasteiger partial charge < -0.3 is 0 Å². The molecule has 0 aromatic heterocycles. The first kappa shape index (κ1) is 6.53. The number of carbonyl (C=O) groups is 1. The highest BCUT2D eigenvalue weighted by Gasteiger charge is 2.14. The Morgan fingerprint density at radius 2 is 2.44 bits per heavy atom. The molecule has 0 aliphatic heterocycles. The maximum atomic E-state index is 10.7. The summed E-state index contributed by atoms with van der Waals surface area (Å²) in [4.78, 5) is 10.7. The van der Waals surface area contributed by atoms with Gasteiger partial charge in [0.1, 0.15) is 0 Å². The third-order valence-corrected chi connectivity index (χ3v) is 1.79. The van der Waals surface area contributed by atoms with Gasteiger partial charge in [0.05, 0.1) is 0 Å². The normalized spacial score (nSPS) is 26.0. The van der Waals surface area contributed by atoms with Crippen LogP contribution in [0.1, 0.15) is 26.7 Å². The fourth-order valence-corrected chi connectivity index (χ4v) is 1.17. The predicted octanol–water partition coefficient (Wildman–Crippen LogP) is 1.93. The number of rotatable bonds is 1.